The minimum Gasteiger partial charge on any atom is -0.493 e. The van der Waals surface area contributed by atoms with Gasteiger partial charge in [-0.1, -0.05) is 12.1 Å². The number of benzene rings is 1. The Bertz CT molecular complexity index is 586. The van der Waals surface area contributed by atoms with E-state index >= 15 is 0 Å². The summed E-state index contributed by atoms with van der Waals surface area (Å²) in [5.74, 6) is -1.29. The number of nitrogens with zero attached hydrogens (tertiary/aromatic N) is 1. The fraction of sp³-hybridized carbons (Fsp3) is 0.588. The van der Waals surface area contributed by atoms with Crippen molar-refractivity contribution < 1.29 is 23.8 Å². The lowest BCUT2D eigenvalue weighted by atomic mass is 9.72. The Morgan fingerprint density at radius 1 is 1.48 bits per heavy atom. The van der Waals surface area contributed by atoms with Crippen molar-refractivity contribution in [2.45, 2.75) is 19.4 Å². The largest absolute Gasteiger partial charge is 0.493 e. The summed E-state index contributed by atoms with van der Waals surface area (Å²) in [7, 11) is 1.45. The Morgan fingerprint density at radius 2 is 2.22 bits per heavy atom. The molecule has 1 unspecified atom stereocenters. The Balaban J connectivity index is 1.80. The molecule has 5 nitrogen and oxygen atoms in total. The van der Waals surface area contributed by atoms with Crippen LogP contribution in [-0.2, 0) is 16.1 Å². The van der Waals surface area contributed by atoms with Crippen LogP contribution in [0.1, 0.15) is 18.4 Å². The van der Waals surface area contributed by atoms with E-state index in [1.807, 2.05) is 6.07 Å². The molecule has 3 rings (SSSR count). The number of halogens is 1. The number of para-hydroxylation sites is 1. The Kier molecular flexibility index (Phi) is 4.55. The molecule has 0 radical (unpaired) electrons. The maximum Gasteiger partial charge on any atom is 0.308 e. The van der Waals surface area contributed by atoms with Gasteiger partial charge < -0.3 is 14.6 Å². The maximum atomic E-state index is 13.8. The third kappa shape index (κ3) is 3.05. The van der Waals surface area contributed by atoms with Crippen LogP contribution >= 0.6 is 0 Å². The van der Waals surface area contributed by atoms with Crippen molar-refractivity contribution in [1.82, 2.24) is 4.90 Å². The SMILES string of the molecule is COc1c(F)cccc1CN1CC(C(=O)O)C2(CCOCC2)C1. The Morgan fingerprint density at radius 3 is 2.87 bits per heavy atom. The molecular weight excluding hydrogens is 301 g/mol. The molecule has 2 aliphatic rings. The van der Waals surface area contributed by atoms with Gasteiger partial charge in [-0.15, -0.1) is 0 Å². The average Bonchev–Trinajstić information content (AvgIpc) is 2.86. The van der Waals surface area contributed by atoms with Crippen LogP contribution in [0.3, 0.4) is 0 Å². The number of hydrogen-bond acceptors (Lipinski definition) is 4. The van der Waals surface area contributed by atoms with Gasteiger partial charge in [-0.3, -0.25) is 9.69 Å². The summed E-state index contributed by atoms with van der Waals surface area (Å²) in [6.45, 7) is 2.90. The highest BCUT2D eigenvalue weighted by Gasteiger charge is 2.50. The smallest absolute Gasteiger partial charge is 0.308 e. The molecule has 2 heterocycles. The predicted molar refractivity (Wildman–Crippen MR) is 81.8 cm³/mol. The number of rotatable bonds is 4. The molecule has 0 saturated carbocycles. The molecule has 2 fully saturated rings. The van der Waals surface area contributed by atoms with E-state index in [1.165, 1.54) is 13.2 Å². The number of carbonyl (C=O) groups is 1. The number of carboxylic acids is 1. The van der Waals surface area contributed by atoms with Crippen molar-refractivity contribution in [3.8, 4) is 5.75 Å². The normalized spacial score (nSPS) is 24.0. The number of methoxy groups -OCH3 is 1. The lowest BCUT2D eigenvalue weighted by Crippen LogP contribution is -2.40. The van der Waals surface area contributed by atoms with Gasteiger partial charge in [-0.05, 0) is 18.9 Å². The summed E-state index contributed by atoms with van der Waals surface area (Å²) in [5, 5.41) is 9.61. The second-order valence-corrected chi connectivity index (χ2v) is 6.47. The van der Waals surface area contributed by atoms with E-state index < -0.39 is 11.9 Å². The van der Waals surface area contributed by atoms with Gasteiger partial charge in [0.2, 0.25) is 0 Å². The highest BCUT2D eigenvalue weighted by Crippen LogP contribution is 2.45. The van der Waals surface area contributed by atoms with Crippen molar-refractivity contribution >= 4 is 5.97 Å². The van der Waals surface area contributed by atoms with Gasteiger partial charge in [0.1, 0.15) is 0 Å². The molecule has 1 atom stereocenters. The summed E-state index contributed by atoms with van der Waals surface area (Å²) >= 11 is 0. The zero-order valence-electron chi connectivity index (χ0n) is 13.3. The van der Waals surface area contributed by atoms with Crippen LogP contribution in [0.15, 0.2) is 18.2 Å². The quantitative estimate of drug-likeness (QED) is 0.920. The Hall–Kier alpha value is -1.66. The molecule has 1 aromatic rings. The zero-order valence-corrected chi connectivity index (χ0v) is 13.3. The average molecular weight is 323 g/mol. The summed E-state index contributed by atoms with van der Waals surface area (Å²) < 4.78 is 24.4. The summed E-state index contributed by atoms with van der Waals surface area (Å²) in [6, 6.07) is 4.85. The highest BCUT2D eigenvalue weighted by atomic mass is 19.1. The Labute approximate surface area is 135 Å². The van der Waals surface area contributed by atoms with Crippen LogP contribution in [0.5, 0.6) is 5.75 Å². The summed E-state index contributed by atoms with van der Waals surface area (Å²) in [5.41, 5.74) is 0.519. The van der Waals surface area contributed by atoms with E-state index in [0.29, 0.717) is 32.8 Å². The molecule has 0 aromatic heterocycles. The summed E-state index contributed by atoms with van der Waals surface area (Å²) in [4.78, 5) is 13.8. The zero-order chi connectivity index (χ0) is 16.4. The molecule has 126 valence electrons. The van der Waals surface area contributed by atoms with E-state index in [1.54, 1.807) is 6.07 Å². The van der Waals surface area contributed by atoms with Crippen LogP contribution in [0.2, 0.25) is 0 Å². The fourth-order valence-electron chi connectivity index (χ4n) is 3.96. The van der Waals surface area contributed by atoms with Crippen LogP contribution in [0.4, 0.5) is 4.39 Å². The molecule has 1 aromatic carbocycles. The van der Waals surface area contributed by atoms with Gasteiger partial charge in [0.05, 0.1) is 13.0 Å². The third-order valence-corrected chi connectivity index (χ3v) is 5.15. The first kappa shape index (κ1) is 16.2. The minimum atomic E-state index is -0.749. The van der Waals surface area contributed by atoms with Gasteiger partial charge in [0, 0.05) is 43.8 Å². The van der Waals surface area contributed by atoms with E-state index in [9.17, 15) is 14.3 Å². The molecule has 0 aliphatic carbocycles. The van der Waals surface area contributed by atoms with Gasteiger partial charge in [-0.2, -0.15) is 0 Å². The first-order valence-corrected chi connectivity index (χ1v) is 7.90. The van der Waals surface area contributed by atoms with Crippen LogP contribution in [-0.4, -0.2) is 49.4 Å². The number of ether oxygens (including phenoxy) is 2. The molecule has 6 heteroatoms. The van der Waals surface area contributed by atoms with Gasteiger partial charge >= 0.3 is 5.97 Å². The molecule has 1 N–H and O–H groups in total. The van der Waals surface area contributed by atoms with Crippen LogP contribution < -0.4 is 4.74 Å². The first-order chi connectivity index (χ1) is 11.1. The van der Waals surface area contributed by atoms with Gasteiger partial charge in [-0.25, -0.2) is 4.39 Å². The van der Waals surface area contributed by atoms with Crippen molar-refractivity contribution in [3.63, 3.8) is 0 Å². The van der Waals surface area contributed by atoms with E-state index in [2.05, 4.69) is 4.90 Å². The highest BCUT2D eigenvalue weighted by molar-refractivity contribution is 5.72. The van der Waals surface area contributed by atoms with E-state index in [4.69, 9.17) is 9.47 Å². The van der Waals surface area contributed by atoms with E-state index in [-0.39, 0.29) is 17.0 Å². The molecule has 0 bridgehead atoms. The topological polar surface area (TPSA) is 59.0 Å². The molecule has 0 amide bonds. The van der Waals surface area contributed by atoms with Gasteiger partial charge in [0.15, 0.2) is 11.6 Å². The molecule has 1 spiro atoms. The third-order valence-electron chi connectivity index (χ3n) is 5.15. The fourth-order valence-corrected chi connectivity index (χ4v) is 3.96. The molecular formula is C17H22FNO4. The predicted octanol–water partition coefficient (Wildman–Crippen LogP) is 2.15. The first-order valence-electron chi connectivity index (χ1n) is 7.90. The second-order valence-electron chi connectivity index (χ2n) is 6.47. The van der Waals surface area contributed by atoms with Crippen molar-refractivity contribution in [1.29, 1.82) is 0 Å². The van der Waals surface area contributed by atoms with Crippen LogP contribution in [0.25, 0.3) is 0 Å². The standard InChI is InChI=1S/C17H22FNO4/c1-22-15-12(3-2-4-14(15)18)9-19-10-13(16(20)21)17(11-19)5-7-23-8-6-17/h2-4,13H,5-11H2,1H3,(H,20,21). The second kappa shape index (κ2) is 6.45. The van der Waals surface area contributed by atoms with E-state index in [0.717, 1.165) is 18.4 Å². The van der Waals surface area contributed by atoms with Crippen molar-refractivity contribution in [2.24, 2.45) is 11.3 Å². The molecule has 23 heavy (non-hydrogen) atoms. The van der Waals surface area contributed by atoms with Gasteiger partial charge in [0.25, 0.3) is 0 Å². The van der Waals surface area contributed by atoms with Crippen molar-refractivity contribution in [3.05, 3.63) is 29.6 Å². The number of aliphatic carboxylic acids is 1. The molecule has 2 aliphatic heterocycles. The number of likely N-dealkylation sites (tertiary alicyclic amines) is 1. The molecule has 2 saturated heterocycles. The number of carboxylic acid groups (broad SMARTS) is 1. The lowest BCUT2D eigenvalue weighted by Gasteiger charge is -2.36. The van der Waals surface area contributed by atoms with Crippen molar-refractivity contribution in [2.75, 3.05) is 33.4 Å². The maximum absolute atomic E-state index is 13.8. The lowest BCUT2D eigenvalue weighted by molar-refractivity contribution is -0.147. The summed E-state index contributed by atoms with van der Waals surface area (Å²) in [6.07, 6.45) is 1.53. The monoisotopic (exact) mass is 323 g/mol. The minimum absolute atomic E-state index is 0.232. The van der Waals surface area contributed by atoms with Crippen LogP contribution in [0, 0.1) is 17.2 Å². The number of hydrogen-bond donors (Lipinski definition) is 1.